The van der Waals surface area contributed by atoms with Crippen molar-refractivity contribution in [2.75, 3.05) is 5.73 Å². The van der Waals surface area contributed by atoms with E-state index < -0.39 is 0 Å². The summed E-state index contributed by atoms with van der Waals surface area (Å²) in [5.74, 6) is 0.777. The third-order valence-corrected chi connectivity index (χ3v) is 3.70. The summed E-state index contributed by atoms with van der Waals surface area (Å²) in [6.45, 7) is 1.94. The molecule has 2 aromatic heterocycles. The second-order valence-corrected chi connectivity index (χ2v) is 5.36. The van der Waals surface area contributed by atoms with Gasteiger partial charge in [0.25, 0.3) is 0 Å². The molecule has 0 aliphatic rings. The normalized spacial score (nSPS) is 10.5. The number of pyridine rings is 1. The van der Waals surface area contributed by atoms with Crippen LogP contribution in [0.5, 0.6) is 0 Å². The molecule has 0 radical (unpaired) electrons. The van der Waals surface area contributed by atoms with Crippen molar-refractivity contribution in [3.05, 3.63) is 29.0 Å². The lowest BCUT2D eigenvalue weighted by Crippen LogP contribution is -1.90. The summed E-state index contributed by atoms with van der Waals surface area (Å²) in [7, 11) is 0. The molecule has 0 aliphatic carbocycles. The number of anilines is 1. The molecule has 0 aromatic carbocycles. The number of rotatable bonds is 3. The van der Waals surface area contributed by atoms with Gasteiger partial charge in [-0.15, -0.1) is 10.2 Å². The summed E-state index contributed by atoms with van der Waals surface area (Å²) in [6.07, 6.45) is 1.72. The van der Waals surface area contributed by atoms with Gasteiger partial charge >= 0.3 is 0 Å². The van der Waals surface area contributed by atoms with Crippen molar-refractivity contribution >= 4 is 28.8 Å². The predicted molar refractivity (Wildman–Crippen MR) is 62.9 cm³/mol. The molecule has 15 heavy (non-hydrogen) atoms. The van der Waals surface area contributed by atoms with E-state index in [0.717, 1.165) is 26.5 Å². The predicted octanol–water partition coefficient (Wildman–Crippen LogP) is 2.12. The Bertz CT molecular complexity index is 455. The molecule has 0 unspecified atom stereocenters. The number of hydrogen-bond acceptors (Lipinski definition) is 6. The van der Waals surface area contributed by atoms with Gasteiger partial charge < -0.3 is 5.73 Å². The number of aryl methyl sites for hydroxylation is 1. The van der Waals surface area contributed by atoms with E-state index in [-0.39, 0.29) is 0 Å². The van der Waals surface area contributed by atoms with Crippen LogP contribution in [0.1, 0.15) is 10.7 Å². The minimum atomic E-state index is 0.744. The Morgan fingerprint density at radius 2 is 2.33 bits per heavy atom. The zero-order valence-electron chi connectivity index (χ0n) is 8.17. The molecule has 0 saturated heterocycles. The van der Waals surface area contributed by atoms with E-state index in [2.05, 4.69) is 15.2 Å². The zero-order valence-corrected chi connectivity index (χ0v) is 9.81. The van der Waals surface area contributed by atoms with Crippen molar-refractivity contribution in [2.24, 2.45) is 0 Å². The van der Waals surface area contributed by atoms with E-state index in [0.29, 0.717) is 0 Å². The zero-order chi connectivity index (χ0) is 10.7. The average molecular weight is 238 g/mol. The van der Waals surface area contributed by atoms with Crippen LogP contribution in [0.4, 0.5) is 5.69 Å². The quantitative estimate of drug-likeness (QED) is 0.830. The summed E-state index contributed by atoms with van der Waals surface area (Å²) >= 11 is 3.22. The molecular formula is C9H10N4S2. The highest BCUT2D eigenvalue weighted by molar-refractivity contribution is 8.00. The molecular weight excluding hydrogens is 228 g/mol. The van der Waals surface area contributed by atoms with Crippen LogP contribution >= 0.6 is 23.1 Å². The Hall–Kier alpha value is -1.14. The van der Waals surface area contributed by atoms with Crippen molar-refractivity contribution in [3.63, 3.8) is 0 Å². The molecule has 0 aliphatic heterocycles. The maximum Gasteiger partial charge on any atom is 0.174 e. The van der Waals surface area contributed by atoms with E-state index >= 15 is 0 Å². The fourth-order valence-corrected chi connectivity index (χ4v) is 2.77. The lowest BCUT2D eigenvalue weighted by Gasteiger charge is -1.98. The van der Waals surface area contributed by atoms with Crippen LogP contribution in [0.3, 0.4) is 0 Å². The fraction of sp³-hybridized carbons (Fsp3) is 0.222. The van der Waals surface area contributed by atoms with Crippen molar-refractivity contribution in [1.82, 2.24) is 15.2 Å². The first-order valence-corrected chi connectivity index (χ1v) is 6.17. The van der Waals surface area contributed by atoms with Crippen LogP contribution in [-0.2, 0) is 5.75 Å². The fourth-order valence-electron chi connectivity index (χ4n) is 1.05. The topological polar surface area (TPSA) is 64.7 Å². The molecule has 0 amide bonds. The molecule has 2 aromatic rings. The van der Waals surface area contributed by atoms with Crippen LogP contribution in [0.2, 0.25) is 0 Å². The molecule has 6 heteroatoms. The first-order chi connectivity index (χ1) is 7.24. The van der Waals surface area contributed by atoms with E-state index in [1.54, 1.807) is 35.4 Å². The van der Waals surface area contributed by atoms with E-state index in [9.17, 15) is 0 Å². The Labute approximate surface area is 95.9 Å². The highest BCUT2D eigenvalue weighted by Crippen LogP contribution is 2.25. The third kappa shape index (κ3) is 2.90. The Morgan fingerprint density at radius 3 is 3.00 bits per heavy atom. The van der Waals surface area contributed by atoms with Gasteiger partial charge in [-0.25, -0.2) is 0 Å². The summed E-state index contributed by atoms with van der Waals surface area (Å²) in [5.41, 5.74) is 7.37. The van der Waals surface area contributed by atoms with E-state index in [1.165, 1.54) is 0 Å². The number of nitrogens with two attached hydrogens (primary N) is 1. The monoisotopic (exact) mass is 238 g/mol. The second kappa shape index (κ2) is 4.59. The minimum absolute atomic E-state index is 0.744. The Kier molecular flexibility index (Phi) is 3.17. The number of thioether (sulfide) groups is 1. The molecule has 2 N–H and O–H groups in total. The van der Waals surface area contributed by atoms with Crippen LogP contribution in [0.15, 0.2) is 22.7 Å². The molecule has 4 nitrogen and oxygen atoms in total. The van der Waals surface area contributed by atoms with E-state index in [4.69, 9.17) is 5.73 Å². The highest BCUT2D eigenvalue weighted by Gasteiger charge is 2.02. The molecule has 78 valence electrons. The Morgan fingerprint density at radius 1 is 1.47 bits per heavy atom. The van der Waals surface area contributed by atoms with Gasteiger partial charge in [-0.2, -0.15) is 0 Å². The Balaban J connectivity index is 1.99. The largest absolute Gasteiger partial charge is 0.399 e. The third-order valence-electron chi connectivity index (χ3n) is 1.69. The van der Waals surface area contributed by atoms with Crippen molar-refractivity contribution in [1.29, 1.82) is 0 Å². The number of hydrogen-bond donors (Lipinski definition) is 1. The van der Waals surface area contributed by atoms with Crippen molar-refractivity contribution < 1.29 is 0 Å². The number of nitrogens with zero attached hydrogens (tertiary/aromatic N) is 3. The van der Waals surface area contributed by atoms with Gasteiger partial charge in [0.15, 0.2) is 4.34 Å². The van der Waals surface area contributed by atoms with Gasteiger partial charge in [-0.3, -0.25) is 4.98 Å². The standard InChI is InChI=1S/C9H10N4S2/c1-6-12-13-9(15-6)14-5-8-4-7(10)2-3-11-8/h2-4H,5H2,1H3,(H2,10,11). The molecule has 2 heterocycles. The van der Waals surface area contributed by atoms with Gasteiger partial charge in [0.2, 0.25) is 0 Å². The van der Waals surface area contributed by atoms with Crippen LogP contribution in [0.25, 0.3) is 0 Å². The highest BCUT2D eigenvalue weighted by atomic mass is 32.2. The van der Waals surface area contributed by atoms with Crippen LogP contribution < -0.4 is 5.73 Å². The number of nitrogen functional groups attached to an aromatic ring is 1. The van der Waals surface area contributed by atoms with E-state index in [1.807, 2.05) is 13.0 Å². The first kappa shape index (κ1) is 10.4. The van der Waals surface area contributed by atoms with Gasteiger partial charge in [0.05, 0.1) is 5.69 Å². The summed E-state index contributed by atoms with van der Waals surface area (Å²) < 4.78 is 0.969. The van der Waals surface area contributed by atoms with Crippen LogP contribution in [0, 0.1) is 6.92 Å². The smallest absolute Gasteiger partial charge is 0.174 e. The molecule has 2 rings (SSSR count). The maximum atomic E-state index is 5.66. The summed E-state index contributed by atoms with van der Waals surface area (Å²) in [5, 5.41) is 8.96. The van der Waals surface area contributed by atoms with Gasteiger partial charge in [-0.1, -0.05) is 23.1 Å². The molecule has 0 atom stereocenters. The average Bonchev–Trinajstić information content (AvgIpc) is 2.62. The number of aromatic nitrogens is 3. The lowest BCUT2D eigenvalue weighted by molar-refractivity contribution is 0.983. The van der Waals surface area contributed by atoms with Crippen molar-refractivity contribution in [3.8, 4) is 0 Å². The molecule has 0 saturated carbocycles. The maximum absolute atomic E-state index is 5.66. The van der Waals surface area contributed by atoms with Gasteiger partial charge in [0, 0.05) is 17.6 Å². The summed E-state index contributed by atoms with van der Waals surface area (Å²) in [6, 6.07) is 3.66. The van der Waals surface area contributed by atoms with Gasteiger partial charge in [-0.05, 0) is 19.1 Å². The first-order valence-electron chi connectivity index (χ1n) is 4.37. The SMILES string of the molecule is Cc1nnc(SCc2cc(N)ccn2)s1. The summed E-state index contributed by atoms with van der Waals surface area (Å²) in [4.78, 5) is 4.22. The molecule has 0 bridgehead atoms. The molecule has 0 spiro atoms. The van der Waals surface area contributed by atoms with Crippen molar-refractivity contribution in [2.45, 2.75) is 17.0 Å². The minimum Gasteiger partial charge on any atom is -0.399 e. The molecule has 0 fully saturated rings. The van der Waals surface area contributed by atoms with Gasteiger partial charge in [0.1, 0.15) is 5.01 Å². The van der Waals surface area contributed by atoms with Crippen LogP contribution in [-0.4, -0.2) is 15.2 Å². The lowest BCUT2D eigenvalue weighted by atomic mass is 10.3. The second-order valence-electron chi connectivity index (χ2n) is 2.96.